The standard InChI is InChI=1S/C62H99N11O14/c1-13-37(6)54(71(10)61(83)53(36(4)5)69-60(82)55-43-21-22-45(38(43)7)70(55)9)47(85-11)33-51(78)72-27-16-20-46(72)56(86-12)39(8)57(79)66-42(34-74)32-40-17-14-18-41(31-40)65-58(80)44(19-15-26-64-62(63)84)67-59(81)52(35(2)3)68-48(75)25-29-87-30-28-73-49(76)23-24-50(73)77/h14,17-18,23-24,31,35-39,42-47,52-56,74H,13,15-16,19-22,25-30,32-34H2,1-12H3,(H,65,80)(H,66,79)(H,67,81)(H,68,75)(H,69,82)(H3,63,64,84)/t37-,38-,39+,42-,43-,44-,45-,46-,47+,52-,53-,54-,55-,56+/m0/s1. The van der Waals surface area contributed by atoms with Gasteiger partial charge in [-0.2, -0.15) is 0 Å². The molecule has 2 saturated heterocycles. The van der Waals surface area contributed by atoms with Crippen molar-refractivity contribution in [1.82, 2.24) is 46.2 Å². The average molecular weight is 1220 g/mol. The molecule has 0 spiro atoms. The van der Waals surface area contributed by atoms with Crippen LogP contribution in [0.15, 0.2) is 36.4 Å². The van der Waals surface area contributed by atoms with Crippen molar-refractivity contribution in [2.45, 2.75) is 180 Å². The molecule has 25 nitrogen and oxygen atoms in total. The van der Waals surface area contributed by atoms with Gasteiger partial charge in [-0.3, -0.25) is 53.0 Å². The van der Waals surface area contributed by atoms with Crippen LogP contribution in [0.1, 0.15) is 119 Å². The van der Waals surface area contributed by atoms with Gasteiger partial charge in [-0.05, 0) is 99.3 Å². The fourth-order valence-corrected chi connectivity index (χ4v) is 13.0. The largest absolute Gasteiger partial charge is 0.394 e. The Morgan fingerprint density at radius 1 is 0.851 bits per heavy atom. The van der Waals surface area contributed by atoms with Gasteiger partial charge in [0, 0.05) is 64.7 Å². The van der Waals surface area contributed by atoms with Crippen molar-refractivity contribution >= 4 is 64.9 Å². The number of benzene rings is 1. The second-order valence-corrected chi connectivity index (χ2v) is 24.7. The van der Waals surface area contributed by atoms with Crippen LogP contribution in [-0.2, 0) is 63.8 Å². The number of fused-ring (bicyclic) bond motifs is 2. The summed E-state index contributed by atoms with van der Waals surface area (Å²) in [6.07, 6.45) is 5.14. The van der Waals surface area contributed by atoms with Crippen molar-refractivity contribution in [3.05, 3.63) is 42.0 Å². The summed E-state index contributed by atoms with van der Waals surface area (Å²) < 4.78 is 17.6. The molecule has 0 aromatic heterocycles. The molecule has 3 aliphatic heterocycles. The van der Waals surface area contributed by atoms with Gasteiger partial charge >= 0.3 is 6.03 Å². The van der Waals surface area contributed by atoms with E-state index in [0.29, 0.717) is 49.0 Å². The Morgan fingerprint density at radius 3 is 2.14 bits per heavy atom. The number of nitrogens with zero attached hydrogens (tertiary/aromatic N) is 4. The van der Waals surface area contributed by atoms with E-state index in [1.54, 1.807) is 61.9 Å². The van der Waals surface area contributed by atoms with E-state index in [2.05, 4.69) is 43.7 Å². The number of piperidine rings is 1. The first-order valence-corrected chi connectivity index (χ1v) is 31.0. The van der Waals surface area contributed by atoms with Gasteiger partial charge in [-0.15, -0.1) is 0 Å². The molecule has 4 aliphatic rings. The average Bonchev–Trinajstić information content (AvgIpc) is 1.66. The van der Waals surface area contributed by atoms with Crippen molar-refractivity contribution in [3.8, 4) is 0 Å². The minimum atomic E-state index is -1.14. The van der Waals surface area contributed by atoms with Crippen LogP contribution in [0.5, 0.6) is 0 Å². The Balaban J connectivity index is 1.19. The number of nitrogens with one attached hydrogen (secondary N) is 6. The first kappa shape index (κ1) is 71.2. The third-order valence-electron chi connectivity index (χ3n) is 18.1. The molecule has 11 amide bonds. The Morgan fingerprint density at radius 2 is 1.54 bits per heavy atom. The first-order valence-electron chi connectivity index (χ1n) is 31.0. The summed E-state index contributed by atoms with van der Waals surface area (Å²) in [7, 11) is 6.76. The van der Waals surface area contributed by atoms with Crippen LogP contribution in [0.25, 0.3) is 0 Å². The molecule has 14 atom stereocenters. The van der Waals surface area contributed by atoms with Gasteiger partial charge in [0.15, 0.2) is 0 Å². The second kappa shape index (κ2) is 33.7. The minimum Gasteiger partial charge on any atom is -0.394 e. The van der Waals surface area contributed by atoms with E-state index in [4.69, 9.17) is 19.9 Å². The molecular formula is C62H99N11O14. The molecule has 3 fully saturated rings. The monoisotopic (exact) mass is 1220 g/mol. The molecule has 1 saturated carbocycles. The maximum absolute atomic E-state index is 14.6. The van der Waals surface area contributed by atoms with E-state index in [-0.39, 0.29) is 99.9 Å². The number of imide groups is 1. The molecule has 25 heteroatoms. The number of anilines is 1. The van der Waals surface area contributed by atoms with Crippen LogP contribution in [-0.4, -0.2) is 212 Å². The van der Waals surface area contributed by atoms with Crippen molar-refractivity contribution < 1.29 is 67.3 Å². The van der Waals surface area contributed by atoms with E-state index >= 15 is 0 Å². The number of nitrogens with two attached hydrogens (primary N) is 1. The molecule has 2 bridgehead atoms. The van der Waals surface area contributed by atoms with Gasteiger partial charge in [0.05, 0.1) is 75.1 Å². The Kier molecular flexibility index (Phi) is 27.6. The molecule has 0 unspecified atom stereocenters. The number of methoxy groups -OCH3 is 2. The van der Waals surface area contributed by atoms with Crippen molar-refractivity contribution in [3.63, 3.8) is 0 Å². The number of amides is 11. The number of hydrogen-bond acceptors (Lipinski definition) is 15. The zero-order chi connectivity index (χ0) is 64.4. The highest BCUT2D eigenvalue weighted by Crippen LogP contribution is 2.46. The Labute approximate surface area is 513 Å². The molecule has 1 aromatic rings. The fraction of sp³-hybridized carbons (Fsp3) is 0.710. The number of rotatable bonds is 35. The maximum Gasteiger partial charge on any atom is 0.312 e. The Hall–Kier alpha value is -6.54. The molecule has 9 N–H and O–H groups in total. The van der Waals surface area contributed by atoms with E-state index in [1.165, 1.54) is 14.2 Å². The quantitative estimate of drug-likeness (QED) is 0.0355. The number of carbonyl (C=O) groups is 10. The number of likely N-dealkylation sites (N-methyl/N-ethyl adjacent to an activating group) is 2. The topological polar surface area (TPSA) is 330 Å². The van der Waals surface area contributed by atoms with E-state index in [9.17, 15) is 53.1 Å². The zero-order valence-corrected chi connectivity index (χ0v) is 53.1. The van der Waals surface area contributed by atoms with Crippen molar-refractivity contribution in [2.24, 2.45) is 41.2 Å². The third-order valence-corrected chi connectivity index (χ3v) is 18.1. The predicted octanol–water partition coefficient (Wildman–Crippen LogP) is 1.84. The highest BCUT2D eigenvalue weighted by molar-refractivity contribution is 6.12. The minimum absolute atomic E-state index is 0.0110. The molecule has 1 aromatic carbocycles. The lowest BCUT2D eigenvalue weighted by molar-refractivity contribution is -0.148. The highest BCUT2D eigenvalue weighted by atomic mass is 16.5. The van der Waals surface area contributed by atoms with E-state index in [1.807, 2.05) is 34.7 Å². The van der Waals surface area contributed by atoms with Crippen LogP contribution in [0.3, 0.4) is 0 Å². The normalized spacial score (nSPS) is 22.3. The van der Waals surface area contributed by atoms with Crippen LogP contribution >= 0.6 is 0 Å². The summed E-state index contributed by atoms with van der Waals surface area (Å²) in [6, 6.07) is 1.30. The van der Waals surface area contributed by atoms with Crippen molar-refractivity contribution in [2.75, 3.05) is 73.1 Å². The molecule has 1 aliphatic carbocycles. The summed E-state index contributed by atoms with van der Waals surface area (Å²) in [5.41, 5.74) is 6.24. The maximum atomic E-state index is 14.6. The van der Waals surface area contributed by atoms with Crippen LogP contribution < -0.4 is 37.6 Å². The SMILES string of the molecule is CC[C@H](C)[C@@H]([C@@H](CC(=O)N1CCC[C@H]1[C@H](OC)[C@@H](C)C(=O)N[C@H](CO)Cc1cccc(NC(=O)[C@H](CCCNC(N)=O)NC(=O)[C@@H](NC(=O)CCOCCN2C(=O)C=CC2=O)C(C)C)c1)OC)N(C)C(=O)[C@@H](NC(=O)[C@@H]1[C@H]2CC[C@@H]([C@H]2C)N1C)C(C)C. The highest BCUT2D eigenvalue weighted by Gasteiger charge is 2.53. The van der Waals surface area contributed by atoms with Gasteiger partial charge in [0.1, 0.15) is 18.1 Å². The number of ether oxygens (including phenoxy) is 3. The summed E-state index contributed by atoms with van der Waals surface area (Å²) in [4.78, 5) is 140. The summed E-state index contributed by atoms with van der Waals surface area (Å²) in [5, 5.41) is 27.5. The van der Waals surface area contributed by atoms with Crippen molar-refractivity contribution in [1.29, 1.82) is 0 Å². The molecule has 3 heterocycles. The molecule has 486 valence electrons. The molecule has 87 heavy (non-hydrogen) atoms. The van der Waals surface area contributed by atoms with Crippen LogP contribution in [0.2, 0.25) is 0 Å². The van der Waals surface area contributed by atoms with Gasteiger partial charge in [0.25, 0.3) is 11.8 Å². The number of urea groups is 1. The number of carbonyl (C=O) groups excluding carboxylic acids is 10. The number of aliphatic hydroxyl groups is 1. The number of hydrogen-bond donors (Lipinski definition) is 8. The third kappa shape index (κ3) is 19.0. The molecular weight excluding hydrogens is 1120 g/mol. The van der Waals surface area contributed by atoms with Gasteiger partial charge in [-0.1, -0.05) is 73.9 Å². The summed E-state index contributed by atoms with van der Waals surface area (Å²) in [6.45, 7) is 15.3. The summed E-state index contributed by atoms with van der Waals surface area (Å²) >= 11 is 0. The van der Waals surface area contributed by atoms with E-state index in [0.717, 1.165) is 29.9 Å². The zero-order valence-electron chi connectivity index (χ0n) is 53.1. The molecule has 5 rings (SSSR count). The lowest BCUT2D eigenvalue weighted by Crippen LogP contribution is -2.60. The smallest absolute Gasteiger partial charge is 0.312 e. The van der Waals surface area contributed by atoms with E-state index < -0.39 is 108 Å². The number of aliphatic hydroxyl groups excluding tert-OH is 1. The second-order valence-electron chi connectivity index (χ2n) is 24.7. The lowest BCUT2D eigenvalue weighted by Gasteiger charge is -2.41. The van der Waals surface area contributed by atoms with Crippen LogP contribution in [0.4, 0.5) is 10.5 Å². The number of primary amides is 1. The molecule has 0 radical (unpaired) electrons. The van der Waals surface area contributed by atoms with Gasteiger partial charge in [-0.25, -0.2) is 4.79 Å². The predicted molar refractivity (Wildman–Crippen MR) is 325 cm³/mol. The lowest BCUT2D eigenvalue weighted by atomic mass is 9.89. The van der Waals surface area contributed by atoms with Gasteiger partial charge < -0.3 is 66.8 Å². The Bertz CT molecular complexity index is 2570. The van der Waals surface area contributed by atoms with Gasteiger partial charge in [0.2, 0.25) is 41.4 Å². The first-order chi connectivity index (χ1) is 41.3. The summed E-state index contributed by atoms with van der Waals surface area (Å²) in [5.74, 6) is -4.50. The van der Waals surface area contributed by atoms with Crippen LogP contribution in [0, 0.1) is 35.5 Å². The fourth-order valence-electron chi connectivity index (χ4n) is 13.0. The number of likely N-dealkylation sites (tertiary alicyclic amines) is 2.